The Morgan fingerprint density at radius 1 is 0.462 bits per heavy atom. The van der Waals surface area contributed by atoms with Gasteiger partial charge in [0, 0.05) is 55.5 Å². The third kappa shape index (κ3) is 4.32. The molecule has 0 amide bonds. The van der Waals surface area contributed by atoms with Gasteiger partial charge in [0.1, 0.15) is 11.2 Å². The standard InChI is InChI=1S/C49H34N2O/c1-31-11-9-18-40-42-29-34(35-23-26-48-43(30-35)39-17-6-8-20-47(39)52-48)22-25-46(42)51(49(31)40)37-15-10-12-32(27-37)33-21-24-45-41(28-33)38-16-5-7-19-44(38)50(45)36-13-3-2-4-14-36/h2-10,12-31H,11H2,1H3. The van der Waals surface area contributed by atoms with Gasteiger partial charge in [0.2, 0.25) is 0 Å². The molecule has 52 heavy (non-hydrogen) atoms. The van der Waals surface area contributed by atoms with Crippen LogP contribution in [0.4, 0.5) is 0 Å². The fourth-order valence-electron chi connectivity index (χ4n) is 8.69. The van der Waals surface area contributed by atoms with Crippen molar-refractivity contribution in [3.05, 3.63) is 175 Å². The highest BCUT2D eigenvalue weighted by molar-refractivity contribution is 6.11. The Morgan fingerprint density at radius 2 is 1.08 bits per heavy atom. The van der Waals surface area contributed by atoms with Crippen molar-refractivity contribution in [3.63, 3.8) is 0 Å². The van der Waals surface area contributed by atoms with Crippen LogP contribution in [0.25, 0.3) is 94.4 Å². The van der Waals surface area contributed by atoms with Crippen LogP contribution in [0.3, 0.4) is 0 Å². The van der Waals surface area contributed by atoms with E-state index in [1.165, 1.54) is 77.6 Å². The molecule has 246 valence electrons. The van der Waals surface area contributed by atoms with E-state index in [-0.39, 0.29) is 0 Å². The quantitative estimate of drug-likeness (QED) is 0.183. The minimum absolute atomic E-state index is 0.397. The first-order valence-electron chi connectivity index (χ1n) is 18.2. The zero-order valence-electron chi connectivity index (χ0n) is 28.8. The lowest BCUT2D eigenvalue weighted by molar-refractivity contribution is 0.669. The van der Waals surface area contributed by atoms with E-state index in [1.807, 2.05) is 12.1 Å². The van der Waals surface area contributed by atoms with Gasteiger partial charge >= 0.3 is 0 Å². The molecule has 3 nitrogen and oxygen atoms in total. The lowest BCUT2D eigenvalue weighted by atomic mass is 9.92. The molecule has 0 spiro atoms. The van der Waals surface area contributed by atoms with Crippen LogP contribution in [0.2, 0.25) is 0 Å². The second kappa shape index (κ2) is 11.2. The third-order valence-corrected chi connectivity index (χ3v) is 11.1. The minimum atomic E-state index is 0.397. The Hall–Kier alpha value is -6.58. The van der Waals surface area contributed by atoms with Crippen LogP contribution >= 0.6 is 0 Å². The topological polar surface area (TPSA) is 23.0 Å². The number of aromatic nitrogens is 2. The highest BCUT2D eigenvalue weighted by Crippen LogP contribution is 2.42. The van der Waals surface area contributed by atoms with Gasteiger partial charge < -0.3 is 13.6 Å². The van der Waals surface area contributed by atoms with Gasteiger partial charge in [0.05, 0.1) is 16.6 Å². The highest BCUT2D eigenvalue weighted by Gasteiger charge is 2.24. The summed E-state index contributed by atoms with van der Waals surface area (Å²) in [5, 5.41) is 6.12. The average molecular weight is 667 g/mol. The molecule has 0 fully saturated rings. The summed E-state index contributed by atoms with van der Waals surface area (Å²) in [5.41, 5.74) is 15.4. The minimum Gasteiger partial charge on any atom is -0.456 e. The van der Waals surface area contributed by atoms with Crippen molar-refractivity contribution in [1.29, 1.82) is 0 Å². The predicted octanol–water partition coefficient (Wildman–Crippen LogP) is 13.5. The number of para-hydroxylation sites is 3. The summed E-state index contributed by atoms with van der Waals surface area (Å²) < 4.78 is 11.0. The molecule has 1 aliphatic carbocycles. The molecule has 1 unspecified atom stereocenters. The maximum Gasteiger partial charge on any atom is 0.135 e. The van der Waals surface area contributed by atoms with Gasteiger partial charge in [0.15, 0.2) is 0 Å². The van der Waals surface area contributed by atoms with Gasteiger partial charge in [0.25, 0.3) is 0 Å². The molecule has 0 N–H and O–H groups in total. The van der Waals surface area contributed by atoms with Gasteiger partial charge in [-0.05, 0) is 101 Å². The van der Waals surface area contributed by atoms with E-state index in [9.17, 15) is 0 Å². The van der Waals surface area contributed by atoms with Gasteiger partial charge in [-0.25, -0.2) is 0 Å². The fraction of sp³-hybridized carbons (Fsp3) is 0.0612. The van der Waals surface area contributed by atoms with Crippen LogP contribution < -0.4 is 0 Å². The van der Waals surface area contributed by atoms with E-state index >= 15 is 0 Å². The molecule has 3 aromatic heterocycles. The summed E-state index contributed by atoms with van der Waals surface area (Å²) in [4.78, 5) is 0. The van der Waals surface area contributed by atoms with Crippen molar-refractivity contribution >= 4 is 60.7 Å². The Kier molecular flexibility index (Phi) is 6.29. The Bertz CT molecular complexity index is 3060. The normalized spacial score (nSPS) is 14.3. The number of fused-ring (bicyclic) bond motifs is 9. The van der Waals surface area contributed by atoms with Crippen molar-refractivity contribution < 1.29 is 4.42 Å². The molecule has 0 aliphatic heterocycles. The lowest BCUT2D eigenvalue weighted by Crippen LogP contribution is -2.07. The summed E-state index contributed by atoms with van der Waals surface area (Å²) in [6, 6.07) is 57.3. The van der Waals surface area contributed by atoms with E-state index < -0.39 is 0 Å². The van der Waals surface area contributed by atoms with Crippen molar-refractivity contribution in [2.75, 3.05) is 0 Å². The van der Waals surface area contributed by atoms with E-state index in [0.29, 0.717) is 5.92 Å². The van der Waals surface area contributed by atoms with Crippen LogP contribution in [0.15, 0.2) is 168 Å². The second-order valence-electron chi connectivity index (χ2n) is 14.2. The first-order valence-corrected chi connectivity index (χ1v) is 18.2. The van der Waals surface area contributed by atoms with E-state index in [0.717, 1.165) is 28.4 Å². The van der Waals surface area contributed by atoms with Crippen LogP contribution in [0.5, 0.6) is 0 Å². The monoisotopic (exact) mass is 666 g/mol. The maximum absolute atomic E-state index is 6.14. The zero-order valence-corrected chi connectivity index (χ0v) is 28.8. The SMILES string of the molecule is CC1CC=Cc2c1n(-c1cccc(-c3ccc4c(c3)c3ccccc3n4-c3ccccc3)c1)c1ccc(-c3ccc4oc5ccccc5c4c3)cc21. The molecule has 1 aliphatic rings. The van der Waals surface area contributed by atoms with Crippen molar-refractivity contribution in [3.8, 4) is 33.6 Å². The summed E-state index contributed by atoms with van der Waals surface area (Å²) >= 11 is 0. The van der Waals surface area contributed by atoms with Gasteiger partial charge in [-0.2, -0.15) is 0 Å². The van der Waals surface area contributed by atoms with Gasteiger partial charge in [-0.1, -0.05) is 104 Å². The molecule has 1 atom stereocenters. The summed E-state index contributed by atoms with van der Waals surface area (Å²) in [5.74, 6) is 0.397. The third-order valence-electron chi connectivity index (χ3n) is 11.1. The van der Waals surface area contributed by atoms with Crippen LogP contribution in [-0.2, 0) is 0 Å². The van der Waals surface area contributed by atoms with Gasteiger partial charge in [-0.15, -0.1) is 0 Å². The number of benzene rings is 7. The highest BCUT2D eigenvalue weighted by atomic mass is 16.3. The number of allylic oxidation sites excluding steroid dienone is 1. The van der Waals surface area contributed by atoms with Crippen molar-refractivity contribution in [1.82, 2.24) is 9.13 Å². The van der Waals surface area contributed by atoms with Crippen LogP contribution in [0, 0.1) is 0 Å². The molecule has 0 saturated heterocycles. The van der Waals surface area contributed by atoms with E-state index in [4.69, 9.17) is 4.42 Å². The molecular weight excluding hydrogens is 633 g/mol. The average Bonchev–Trinajstić information content (AvgIpc) is 3.86. The molecule has 0 radical (unpaired) electrons. The largest absolute Gasteiger partial charge is 0.456 e. The number of nitrogens with zero attached hydrogens (tertiary/aromatic N) is 2. The number of hydrogen-bond acceptors (Lipinski definition) is 1. The van der Waals surface area contributed by atoms with Crippen LogP contribution in [0.1, 0.15) is 30.5 Å². The Balaban J connectivity index is 1.06. The number of rotatable bonds is 4. The van der Waals surface area contributed by atoms with Gasteiger partial charge in [-0.3, -0.25) is 0 Å². The second-order valence-corrected chi connectivity index (χ2v) is 14.2. The van der Waals surface area contributed by atoms with Crippen LogP contribution in [-0.4, -0.2) is 9.13 Å². The maximum atomic E-state index is 6.14. The smallest absolute Gasteiger partial charge is 0.135 e. The summed E-state index contributed by atoms with van der Waals surface area (Å²) in [7, 11) is 0. The number of furan rings is 1. The fourth-order valence-corrected chi connectivity index (χ4v) is 8.69. The first kappa shape index (κ1) is 29.2. The van der Waals surface area contributed by atoms with E-state index in [1.54, 1.807) is 0 Å². The molecule has 11 rings (SSSR count). The number of hydrogen-bond donors (Lipinski definition) is 0. The Morgan fingerprint density at radius 3 is 1.92 bits per heavy atom. The summed E-state index contributed by atoms with van der Waals surface area (Å²) in [6.45, 7) is 2.36. The first-order chi connectivity index (χ1) is 25.7. The van der Waals surface area contributed by atoms with Crippen molar-refractivity contribution in [2.24, 2.45) is 0 Å². The summed E-state index contributed by atoms with van der Waals surface area (Å²) in [6.07, 6.45) is 5.71. The van der Waals surface area contributed by atoms with Crippen molar-refractivity contribution in [2.45, 2.75) is 19.3 Å². The molecule has 0 bridgehead atoms. The molecule has 3 heteroatoms. The molecule has 10 aromatic rings. The Labute approximate surface area is 301 Å². The molecule has 7 aromatic carbocycles. The zero-order chi connectivity index (χ0) is 34.3. The molecule has 3 heterocycles. The van der Waals surface area contributed by atoms with E-state index in [2.05, 4.69) is 174 Å². The lowest BCUT2D eigenvalue weighted by Gasteiger charge is -2.20. The predicted molar refractivity (Wildman–Crippen MR) is 218 cm³/mol. The molecule has 0 saturated carbocycles. The molecular formula is C49H34N2O.